The van der Waals surface area contributed by atoms with Crippen molar-refractivity contribution in [2.24, 2.45) is 0 Å². The van der Waals surface area contributed by atoms with Crippen LogP contribution in [-0.4, -0.2) is 24.4 Å². The van der Waals surface area contributed by atoms with Gasteiger partial charge in [0.15, 0.2) is 6.61 Å². The Labute approximate surface area is 231 Å². The number of fused-ring (bicyclic) bond motifs is 2. The van der Waals surface area contributed by atoms with E-state index in [0.717, 1.165) is 27.3 Å². The first kappa shape index (κ1) is 26.4. The van der Waals surface area contributed by atoms with Crippen LogP contribution in [0.25, 0.3) is 21.5 Å². The molecule has 0 bridgehead atoms. The van der Waals surface area contributed by atoms with Crippen molar-refractivity contribution in [2.45, 2.75) is 19.3 Å². The summed E-state index contributed by atoms with van der Waals surface area (Å²) in [5.41, 5.74) is 1.28. The first-order chi connectivity index (χ1) is 19.5. The fourth-order valence-electron chi connectivity index (χ4n) is 4.33. The van der Waals surface area contributed by atoms with Crippen molar-refractivity contribution in [3.05, 3.63) is 109 Å². The largest absolute Gasteiger partial charge is 0.457 e. The normalized spacial score (nSPS) is 10.7. The SMILES string of the molecule is O=C(CCCC(=O)OCC(=O)Nc1cccc2ccccc12)Nc1ccc(Oc2ccc3ccccc3c2)cc1. The van der Waals surface area contributed by atoms with Crippen LogP contribution in [0, 0.1) is 0 Å². The number of amides is 2. The van der Waals surface area contributed by atoms with Crippen molar-refractivity contribution in [1.82, 2.24) is 0 Å². The average Bonchev–Trinajstić information content (AvgIpc) is 2.97. The van der Waals surface area contributed by atoms with E-state index in [1.165, 1.54) is 0 Å². The molecule has 5 rings (SSSR count). The number of hydrogen-bond acceptors (Lipinski definition) is 5. The van der Waals surface area contributed by atoms with Crippen LogP contribution in [0.3, 0.4) is 0 Å². The van der Waals surface area contributed by atoms with E-state index in [1.807, 2.05) is 78.9 Å². The lowest BCUT2D eigenvalue weighted by molar-refractivity contribution is -0.147. The second-order valence-corrected chi connectivity index (χ2v) is 9.27. The highest BCUT2D eigenvalue weighted by Crippen LogP contribution is 2.27. The molecule has 0 saturated carbocycles. The van der Waals surface area contributed by atoms with E-state index < -0.39 is 11.9 Å². The lowest BCUT2D eigenvalue weighted by Gasteiger charge is -2.10. The molecule has 2 amide bonds. The number of hydrogen-bond donors (Lipinski definition) is 2. The minimum absolute atomic E-state index is 0.0352. The third-order valence-electron chi connectivity index (χ3n) is 6.31. The summed E-state index contributed by atoms with van der Waals surface area (Å²) < 4.78 is 11.0. The number of ether oxygens (including phenoxy) is 2. The molecule has 0 atom stereocenters. The number of esters is 1. The van der Waals surface area contributed by atoms with Crippen molar-refractivity contribution >= 4 is 50.7 Å². The molecule has 5 aromatic carbocycles. The third kappa shape index (κ3) is 7.02. The predicted octanol–water partition coefficient (Wildman–Crippen LogP) is 7.08. The Hall–Kier alpha value is -5.17. The Morgan fingerprint density at radius 1 is 0.600 bits per heavy atom. The molecule has 200 valence electrons. The number of nitrogens with one attached hydrogen (secondary N) is 2. The van der Waals surface area contributed by atoms with E-state index in [0.29, 0.717) is 23.5 Å². The van der Waals surface area contributed by atoms with Crippen molar-refractivity contribution < 1.29 is 23.9 Å². The lowest BCUT2D eigenvalue weighted by atomic mass is 10.1. The summed E-state index contributed by atoms with van der Waals surface area (Å²) in [5.74, 6) is 0.213. The molecular formula is C33H28N2O5. The van der Waals surface area contributed by atoms with Crippen molar-refractivity contribution in [2.75, 3.05) is 17.2 Å². The first-order valence-corrected chi connectivity index (χ1v) is 13.0. The molecule has 0 aliphatic heterocycles. The molecule has 0 spiro atoms. The van der Waals surface area contributed by atoms with Gasteiger partial charge in [-0.15, -0.1) is 0 Å². The van der Waals surface area contributed by atoms with Gasteiger partial charge in [-0.05, 0) is 65.0 Å². The molecule has 0 saturated heterocycles. The van der Waals surface area contributed by atoms with Crippen LogP contribution in [0.15, 0.2) is 109 Å². The summed E-state index contributed by atoms with van der Waals surface area (Å²) in [5, 5.41) is 9.73. The molecule has 0 aliphatic rings. The van der Waals surface area contributed by atoms with Crippen LogP contribution < -0.4 is 15.4 Å². The minimum Gasteiger partial charge on any atom is -0.457 e. The maximum atomic E-state index is 12.3. The Morgan fingerprint density at radius 2 is 1.30 bits per heavy atom. The van der Waals surface area contributed by atoms with E-state index in [-0.39, 0.29) is 25.4 Å². The summed E-state index contributed by atoms with van der Waals surface area (Å²) in [6, 6.07) is 34.4. The quantitative estimate of drug-likeness (QED) is 0.188. The Balaban J connectivity index is 1.01. The van der Waals surface area contributed by atoms with Crippen LogP contribution in [-0.2, 0) is 19.1 Å². The molecule has 0 radical (unpaired) electrons. The Morgan fingerprint density at radius 3 is 2.12 bits per heavy atom. The van der Waals surface area contributed by atoms with Gasteiger partial charge in [0.25, 0.3) is 5.91 Å². The maximum absolute atomic E-state index is 12.3. The van der Waals surface area contributed by atoms with Crippen LogP contribution in [0.4, 0.5) is 11.4 Å². The van der Waals surface area contributed by atoms with Gasteiger partial charge in [0.2, 0.25) is 5.91 Å². The summed E-state index contributed by atoms with van der Waals surface area (Å²) >= 11 is 0. The Kier molecular flexibility index (Phi) is 8.32. The molecule has 0 unspecified atom stereocenters. The van der Waals surface area contributed by atoms with Crippen LogP contribution in [0.5, 0.6) is 11.5 Å². The van der Waals surface area contributed by atoms with Crippen molar-refractivity contribution in [1.29, 1.82) is 0 Å². The molecule has 7 nitrogen and oxygen atoms in total. The van der Waals surface area contributed by atoms with Gasteiger partial charge in [-0.2, -0.15) is 0 Å². The number of anilines is 2. The number of carbonyl (C=O) groups is 3. The number of benzene rings is 5. The zero-order chi connectivity index (χ0) is 27.7. The smallest absolute Gasteiger partial charge is 0.306 e. The highest BCUT2D eigenvalue weighted by Gasteiger charge is 2.11. The predicted molar refractivity (Wildman–Crippen MR) is 156 cm³/mol. The molecule has 40 heavy (non-hydrogen) atoms. The zero-order valence-corrected chi connectivity index (χ0v) is 21.8. The monoisotopic (exact) mass is 532 g/mol. The summed E-state index contributed by atoms with van der Waals surface area (Å²) in [7, 11) is 0. The fraction of sp³-hybridized carbons (Fsp3) is 0.121. The number of rotatable bonds is 10. The zero-order valence-electron chi connectivity index (χ0n) is 21.8. The second-order valence-electron chi connectivity index (χ2n) is 9.27. The van der Waals surface area contributed by atoms with Crippen LogP contribution in [0.1, 0.15) is 19.3 Å². The summed E-state index contributed by atoms with van der Waals surface area (Å²) in [6.45, 7) is -0.387. The third-order valence-corrected chi connectivity index (χ3v) is 6.31. The molecule has 0 aromatic heterocycles. The molecular weight excluding hydrogens is 504 g/mol. The molecule has 7 heteroatoms. The molecule has 5 aromatic rings. The van der Waals surface area contributed by atoms with Crippen molar-refractivity contribution in [3.63, 3.8) is 0 Å². The van der Waals surface area contributed by atoms with E-state index in [9.17, 15) is 14.4 Å². The van der Waals surface area contributed by atoms with E-state index in [4.69, 9.17) is 9.47 Å². The topological polar surface area (TPSA) is 93.7 Å². The highest BCUT2D eigenvalue weighted by molar-refractivity contribution is 6.02. The van der Waals surface area contributed by atoms with Crippen molar-refractivity contribution in [3.8, 4) is 11.5 Å². The average molecular weight is 533 g/mol. The molecule has 2 N–H and O–H groups in total. The number of carbonyl (C=O) groups excluding carboxylic acids is 3. The Bertz CT molecular complexity index is 1660. The molecule has 0 heterocycles. The van der Waals surface area contributed by atoms with Gasteiger partial charge in [-0.25, -0.2) is 0 Å². The minimum atomic E-state index is -0.531. The molecule has 0 aliphatic carbocycles. The van der Waals surface area contributed by atoms with E-state index in [2.05, 4.69) is 10.6 Å². The van der Waals surface area contributed by atoms with Gasteiger partial charge >= 0.3 is 5.97 Å². The van der Waals surface area contributed by atoms with Crippen LogP contribution >= 0.6 is 0 Å². The second kappa shape index (κ2) is 12.6. The highest BCUT2D eigenvalue weighted by atomic mass is 16.5. The van der Waals surface area contributed by atoms with Gasteiger partial charge in [0.05, 0.1) is 0 Å². The van der Waals surface area contributed by atoms with E-state index in [1.54, 1.807) is 30.3 Å². The fourth-order valence-corrected chi connectivity index (χ4v) is 4.33. The van der Waals surface area contributed by atoms with Gasteiger partial charge < -0.3 is 20.1 Å². The van der Waals surface area contributed by atoms with E-state index >= 15 is 0 Å². The summed E-state index contributed by atoms with van der Waals surface area (Å²) in [4.78, 5) is 36.6. The lowest BCUT2D eigenvalue weighted by Crippen LogP contribution is -2.21. The van der Waals surface area contributed by atoms with Gasteiger partial charge in [0.1, 0.15) is 11.5 Å². The molecule has 0 fully saturated rings. The first-order valence-electron chi connectivity index (χ1n) is 13.0. The van der Waals surface area contributed by atoms with Gasteiger partial charge in [-0.1, -0.05) is 66.7 Å². The van der Waals surface area contributed by atoms with Gasteiger partial charge in [-0.3, -0.25) is 14.4 Å². The summed E-state index contributed by atoms with van der Waals surface area (Å²) in [6.07, 6.45) is 0.485. The van der Waals surface area contributed by atoms with Gasteiger partial charge in [0, 0.05) is 29.6 Å². The maximum Gasteiger partial charge on any atom is 0.306 e. The standard InChI is InChI=1S/C33H28N2O5/c36-31(34-26-16-19-27(20-17-26)40-28-18-15-23-7-1-2-9-25(23)21-28)13-6-14-33(38)39-22-32(37)35-30-12-5-10-24-8-3-4-11-29(24)30/h1-5,7-12,15-21H,6,13-14,22H2,(H,34,36)(H,35,37). The van der Waals surface area contributed by atoms with Crippen LogP contribution in [0.2, 0.25) is 0 Å².